The number of aliphatic hydroxyl groups is 1. The molecule has 35 heavy (non-hydrogen) atoms. The van der Waals surface area contributed by atoms with Gasteiger partial charge in [0.15, 0.2) is 0 Å². The largest absolute Gasteiger partial charge is 0.527 e. The van der Waals surface area contributed by atoms with E-state index in [2.05, 4.69) is 4.74 Å². The van der Waals surface area contributed by atoms with Crippen molar-refractivity contribution in [3.63, 3.8) is 0 Å². The minimum Gasteiger partial charge on any atom is -0.460 e. The maximum absolute atomic E-state index is 14.6. The molecule has 3 unspecified atom stereocenters. The van der Waals surface area contributed by atoms with E-state index in [0.717, 1.165) is 18.6 Å². The maximum atomic E-state index is 14.6. The van der Waals surface area contributed by atoms with Gasteiger partial charge in [0.25, 0.3) is 0 Å². The third-order valence-electron chi connectivity index (χ3n) is 5.24. The molecule has 3 atom stereocenters. The molecule has 1 N–H and O–H groups in total. The summed E-state index contributed by atoms with van der Waals surface area (Å²) in [4.78, 5) is 0. The van der Waals surface area contributed by atoms with Crippen molar-refractivity contribution in [2.24, 2.45) is 5.92 Å². The fourth-order valence-corrected chi connectivity index (χ4v) is 3.69. The zero-order valence-electron chi connectivity index (χ0n) is 18.1. The smallest absolute Gasteiger partial charge is 0.460 e. The van der Waals surface area contributed by atoms with Gasteiger partial charge < -0.3 is 14.6 Å². The monoisotopic (exact) mass is 512 g/mol. The zero-order chi connectivity index (χ0) is 26.0. The van der Waals surface area contributed by atoms with Crippen molar-refractivity contribution >= 4 is 0 Å². The molecule has 0 spiro atoms. The van der Waals surface area contributed by atoms with Crippen LogP contribution in [0.4, 0.5) is 35.1 Å². The van der Waals surface area contributed by atoms with Crippen molar-refractivity contribution in [1.29, 1.82) is 0 Å². The first-order valence-electron chi connectivity index (χ1n) is 10.3. The first-order valence-corrected chi connectivity index (χ1v) is 10.3. The average molecular weight is 512 g/mol. The topological polar surface area (TPSA) is 47.9 Å². The molecule has 4 nitrogen and oxygen atoms in total. The van der Waals surface area contributed by atoms with Crippen LogP contribution in [-0.4, -0.2) is 18.1 Å². The molecule has 0 aromatic heterocycles. The second kappa shape index (κ2) is 10.5. The molecular formula is C23H20F8O4. The lowest BCUT2D eigenvalue weighted by Crippen LogP contribution is -2.29. The van der Waals surface area contributed by atoms with Crippen molar-refractivity contribution in [1.82, 2.24) is 0 Å². The van der Waals surface area contributed by atoms with Crippen LogP contribution in [0.1, 0.15) is 48.8 Å². The summed E-state index contributed by atoms with van der Waals surface area (Å²) >= 11 is 0. The predicted octanol–water partition coefficient (Wildman–Crippen LogP) is 6.80. The van der Waals surface area contributed by atoms with Gasteiger partial charge in [0.2, 0.25) is 6.29 Å². The van der Waals surface area contributed by atoms with Crippen molar-refractivity contribution in [3.8, 4) is 5.75 Å². The van der Waals surface area contributed by atoms with E-state index in [9.17, 15) is 40.2 Å². The second-order valence-electron chi connectivity index (χ2n) is 7.76. The third-order valence-corrected chi connectivity index (χ3v) is 5.24. The van der Waals surface area contributed by atoms with E-state index in [0.29, 0.717) is 18.6 Å². The first-order chi connectivity index (χ1) is 16.3. The van der Waals surface area contributed by atoms with Gasteiger partial charge in [0.1, 0.15) is 28.8 Å². The molecule has 2 aromatic rings. The molecule has 0 amide bonds. The Balaban J connectivity index is 1.73. The Kier molecular flexibility index (Phi) is 8.07. The van der Waals surface area contributed by atoms with Gasteiger partial charge in [-0.3, -0.25) is 0 Å². The normalized spacial score (nSPS) is 20.3. The SMILES string of the molecule is C/C=C/C1CCC(c2ccc(C(O)Oc3cc(F)c(C(F)(F)OC(F)(F)F)c(F)c3)c(F)c2)OC1. The van der Waals surface area contributed by atoms with E-state index in [-0.39, 0.29) is 24.2 Å². The molecule has 1 aliphatic rings. The molecule has 1 saturated heterocycles. The van der Waals surface area contributed by atoms with Gasteiger partial charge >= 0.3 is 12.5 Å². The highest BCUT2D eigenvalue weighted by atomic mass is 19.4. The average Bonchev–Trinajstić information content (AvgIpc) is 2.71. The number of halogens is 8. The number of allylic oxidation sites excluding steroid dienone is 1. The summed E-state index contributed by atoms with van der Waals surface area (Å²) in [6.45, 7) is 2.34. The summed E-state index contributed by atoms with van der Waals surface area (Å²) in [6, 6.07) is 3.94. The summed E-state index contributed by atoms with van der Waals surface area (Å²) in [6.07, 6.45) is -8.38. The number of hydrogen-bond acceptors (Lipinski definition) is 4. The van der Waals surface area contributed by atoms with Crippen molar-refractivity contribution in [3.05, 3.63) is 76.6 Å². The fraction of sp³-hybridized carbons (Fsp3) is 0.391. The fourth-order valence-electron chi connectivity index (χ4n) is 3.69. The summed E-state index contributed by atoms with van der Waals surface area (Å²) in [5.41, 5.74) is -2.26. The molecule has 192 valence electrons. The molecule has 0 aliphatic carbocycles. The minimum atomic E-state index is -5.88. The van der Waals surface area contributed by atoms with Crippen molar-refractivity contribution < 1.29 is 54.4 Å². The molecule has 2 aromatic carbocycles. The molecule has 12 heteroatoms. The van der Waals surface area contributed by atoms with Gasteiger partial charge in [-0.1, -0.05) is 18.2 Å². The lowest BCUT2D eigenvalue weighted by molar-refractivity contribution is -0.432. The van der Waals surface area contributed by atoms with Gasteiger partial charge in [-0.25, -0.2) is 17.9 Å². The molecule has 1 fully saturated rings. The van der Waals surface area contributed by atoms with Gasteiger partial charge in [-0.15, -0.1) is 13.2 Å². The minimum absolute atomic E-state index is 0.110. The van der Waals surface area contributed by atoms with E-state index in [1.54, 1.807) is 0 Å². The molecule has 0 bridgehead atoms. The molecule has 1 heterocycles. The van der Waals surface area contributed by atoms with Crippen LogP contribution < -0.4 is 4.74 Å². The Hall–Kier alpha value is -2.70. The number of benzene rings is 2. The van der Waals surface area contributed by atoms with Crippen LogP contribution in [0.15, 0.2) is 42.5 Å². The summed E-state index contributed by atoms with van der Waals surface area (Å²) in [5, 5.41) is 10.1. The Bertz CT molecular complexity index is 1040. The number of hydrogen-bond donors (Lipinski definition) is 1. The lowest BCUT2D eigenvalue weighted by atomic mass is 9.94. The Morgan fingerprint density at radius 2 is 1.66 bits per heavy atom. The first kappa shape index (κ1) is 26.9. The number of alkyl halides is 5. The molecular weight excluding hydrogens is 492 g/mol. The second-order valence-corrected chi connectivity index (χ2v) is 7.76. The van der Waals surface area contributed by atoms with Crippen LogP contribution in [0.3, 0.4) is 0 Å². The molecule has 0 saturated carbocycles. The maximum Gasteiger partial charge on any atom is 0.527 e. The van der Waals surface area contributed by atoms with Gasteiger partial charge in [0, 0.05) is 18.1 Å². The van der Waals surface area contributed by atoms with Crippen LogP contribution >= 0.6 is 0 Å². The Labute approximate surface area is 194 Å². The highest BCUT2D eigenvalue weighted by Gasteiger charge is 2.49. The number of rotatable bonds is 7. The highest BCUT2D eigenvalue weighted by Crippen LogP contribution is 2.40. The van der Waals surface area contributed by atoms with Gasteiger partial charge in [0.05, 0.1) is 18.3 Å². The Morgan fingerprint density at radius 3 is 2.17 bits per heavy atom. The van der Waals surface area contributed by atoms with E-state index in [1.807, 2.05) is 19.1 Å². The van der Waals surface area contributed by atoms with Crippen LogP contribution in [0, 0.1) is 23.4 Å². The van der Waals surface area contributed by atoms with Gasteiger partial charge in [-0.05, 0) is 37.5 Å². The van der Waals surface area contributed by atoms with Crippen LogP contribution in [0.2, 0.25) is 0 Å². The van der Waals surface area contributed by atoms with E-state index >= 15 is 0 Å². The Morgan fingerprint density at radius 1 is 1.00 bits per heavy atom. The predicted molar refractivity (Wildman–Crippen MR) is 106 cm³/mol. The van der Waals surface area contributed by atoms with Crippen LogP contribution in [0.25, 0.3) is 0 Å². The lowest BCUT2D eigenvalue weighted by Gasteiger charge is -2.28. The van der Waals surface area contributed by atoms with Crippen LogP contribution in [-0.2, 0) is 15.6 Å². The van der Waals surface area contributed by atoms with E-state index in [4.69, 9.17) is 9.47 Å². The third kappa shape index (κ3) is 6.71. The molecule has 3 rings (SSSR count). The van der Waals surface area contributed by atoms with Crippen molar-refractivity contribution in [2.45, 2.75) is 44.6 Å². The summed E-state index contributed by atoms with van der Waals surface area (Å²) < 4.78 is 119. The standard InChI is InChI=1S/C23H20F8O4/c1-2-3-12-4-7-19(33-11-12)13-5-6-15(16(24)8-13)21(32)34-14-9-17(25)20(18(26)10-14)22(27,28)35-23(29,30)31/h2-3,5-6,8-10,12,19,21,32H,4,7,11H2,1H3/b3-2+. The zero-order valence-corrected chi connectivity index (χ0v) is 18.1. The van der Waals surface area contributed by atoms with Crippen LogP contribution in [0.5, 0.6) is 5.75 Å². The summed E-state index contributed by atoms with van der Waals surface area (Å²) in [5.74, 6) is -5.83. The number of ether oxygens (including phenoxy) is 3. The molecule has 1 aliphatic heterocycles. The highest BCUT2D eigenvalue weighted by molar-refractivity contribution is 5.34. The molecule has 0 radical (unpaired) electrons. The number of aliphatic hydroxyl groups excluding tert-OH is 1. The van der Waals surface area contributed by atoms with Crippen molar-refractivity contribution in [2.75, 3.05) is 6.61 Å². The summed E-state index contributed by atoms with van der Waals surface area (Å²) in [7, 11) is 0. The van der Waals surface area contributed by atoms with Gasteiger partial charge in [-0.2, -0.15) is 8.78 Å². The van der Waals surface area contributed by atoms with E-state index in [1.165, 1.54) is 6.07 Å². The quantitative estimate of drug-likeness (QED) is 0.252. The van der Waals surface area contributed by atoms with E-state index < -0.39 is 53.1 Å².